The molecule has 0 aliphatic carbocycles. The molecule has 0 saturated heterocycles. The van der Waals surface area contributed by atoms with E-state index in [0.717, 1.165) is 4.31 Å². The quantitative estimate of drug-likeness (QED) is 0.342. The zero-order valence-corrected chi connectivity index (χ0v) is 19.1. The summed E-state index contributed by atoms with van der Waals surface area (Å²) < 4.78 is 41.4. The molecule has 0 bridgehead atoms. The first kappa shape index (κ1) is 25.0. The predicted octanol–water partition coefficient (Wildman–Crippen LogP) is 3.52. The molecule has 0 spiro atoms. The summed E-state index contributed by atoms with van der Waals surface area (Å²) >= 11 is 5.84. The van der Waals surface area contributed by atoms with Gasteiger partial charge in [0, 0.05) is 17.1 Å². The zero-order chi connectivity index (χ0) is 24.7. The maximum atomic E-state index is 14.2. The number of amides is 1. The molecule has 8 nitrogen and oxygen atoms in total. The maximum absolute atomic E-state index is 14.2. The third-order valence-corrected chi connectivity index (χ3v) is 6.69. The highest BCUT2D eigenvalue weighted by atomic mass is 35.5. The molecule has 3 aromatic carbocycles. The summed E-state index contributed by atoms with van der Waals surface area (Å²) in [7, 11) is -4.18. The number of nitrogens with zero attached hydrogens (tertiary/aromatic N) is 2. The number of halogens is 2. The van der Waals surface area contributed by atoms with Gasteiger partial charge in [-0.3, -0.25) is 4.79 Å². The highest BCUT2D eigenvalue weighted by Gasteiger charge is 2.27. The van der Waals surface area contributed by atoms with Gasteiger partial charge in [0.25, 0.3) is 5.91 Å². The van der Waals surface area contributed by atoms with Gasteiger partial charge in [0.2, 0.25) is 10.0 Å². The Bertz CT molecular complexity index is 1310. The van der Waals surface area contributed by atoms with Crippen LogP contribution in [0, 0.1) is 5.82 Å². The molecule has 3 rings (SSSR count). The topological polar surface area (TPSA) is 116 Å². The monoisotopic (exact) mass is 503 g/mol. The molecule has 176 valence electrons. The van der Waals surface area contributed by atoms with E-state index < -0.39 is 34.3 Å². The van der Waals surface area contributed by atoms with Crippen molar-refractivity contribution < 1.29 is 27.5 Å². The summed E-state index contributed by atoms with van der Waals surface area (Å²) in [5, 5.41) is 13.0. The molecule has 0 radical (unpaired) electrons. The zero-order valence-electron chi connectivity index (χ0n) is 17.6. The fourth-order valence-corrected chi connectivity index (χ4v) is 4.38. The van der Waals surface area contributed by atoms with Gasteiger partial charge in [0.15, 0.2) is 0 Å². The number of hydrogen-bond acceptors (Lipinski definition) is 5. The summed E-state index contributed by atoms with van der Waals surface area (Å²) in [6, 6.07) is 16.8. The Labute approximate surface area is 200 Å². The number of carbonyl (C=O) groups excluding carboxylic acids is 1. The summed E-state index contributed by atoms with van der Waals surface area (Å²) in [6.07, 6.45) is 1.28. The van der Waals surface area contributed by atoms with Crippen LogP contribution in [0.15, 0.2) is 82.8 Å². The SMILES string of the molecule is O=C(CN(Cc1ccccc1F)S(=O)(=O)c1ccc(Cl)cc1)N/N=C\c1ccc(C(=O)O)cc1. The minimum Gasteiger partial charge on any atom is -0.478 e. The van der Waals surface area contributed by atoms with E-state index in [0.29, 0.717) is 10.6 Å². The number of carbonyl (C=O) groups is 2. The number of carboxylic acid groups (broad SMARTS) is 1. The molecule has 0 heterocycles. The Morgan fingerprint density at radius 1 is 1.03 bits per heavy atom. The average Bonchev–Trinajstić information content (AvgIpc) is 2.80. The van der Waals surface area contributed by atoms with Crippen LogP contribution in [-0.4, -0.2) is 42.5 Å². The molecule has 0 unspecified atom stereocenters. The first-order valence-corrected chi connectivity index (χ1v) is 11.6. The van der Waals surface area contributed by atoms with Gasteiger partial charge in [-0.05, 0) is 48.0 Å². The van der Waals surface area contributed by atoms with E-state index in [9.17, 15) is 22.4 Å². The van der Waals surface area contributed by atoms with Crippen molar-refractivity contribution in [2.24, 2.45) is 5.10 Å². The number of hydrogen-bond donors (Lipinski definition) is 2. The second-order valence-corrected chi connectivity index (χ2v) is 9.41. The molecule has 11 heteroatoms. The Hall–Kier alpha value is -3.60. The first-order chi connectivity index (χ1) is 16.2. The van der Waals surface area contributed by atoms with E-state index in [2.05, 4.69) is 10.5 Å². The second kappa shape index (κ2) is 11.0. The molecular formula is C23H19ClFN3O5S. The van der Waals surface area contributed by atoms with Gasteiger partial charge in [-0.15, -0.1) is 0 Å². The fraction of sp³-hybridized carbons (Fsp3) is 0.0870. The Kier molecular flexibility index (Phi) is 8.11. The highest BCUT2D eigenvalue weighted by molar-refractivity contribution is 7.89. The summed E-state index contributed by atoms with van der Waals surface area (Å²) in [4.78, 5) is 23.3. The molecular weight excluding hydrogens is 485 g/mol. The minimum atomic E-state index is -4.18. The minimum absolute atomic E-state index is 0.0925. The van der Waals surface area contributed by atoms with Crippen molar-refractivity contribution in [3.05, 3.63) is 100 Å². The average molecular weight is 504 g/mol. The van der Waals surface area contributed by atoms with Crippen LogP contribution >= 0.6 is 11.6 Å². The number of hydrazone groups is 1. The third kappa shape index (κ3) is 6.47. The second-order valence-electron chi connectivity index (χ2n) is 7.04. The van der Waals surface area contributed by atoms with Crippen molar-refractivity contribution in [3.8, 4) is 0 Å². The van der Waals surface area contributed by atoms with Gasteiger partial charge < -0.3 is 5.11 Å². The van der Waals surface area contributed by atoms with Gasteiger partial charge in [0.05, 0.1) is 23.2 Å². The van der Waals surface area contributed by atoms with Gasteiger partial charge in [-0.2, -0.15) is 9.41 Å². The third-order valence-electron chi connectivity index (χ3n) is 4.64. The molecule has 0 aliphatic heterocycles. The van der Waals surface area contributed by atoms with Crippen molar-refractivity contribution in [2.45, 2.75) is 11.4 Å². The van der Waals surface area contributed by atoms with Crippen LogP contribution in [0.2, 0.25) is 5.02 Å². The van der Waals surface area contributed by atoms with E-state index >= 15 is 0 Å². The number of benzene rings is 3. The van der Waals surface area contributed by atoms with E-state index in [1.165, 1.54) is 72.9 Å². The molecule has 1 amide bonds. The van der Waals surface area contributed by atoms with E-state index in [1.807, 2.05) is 0 Å². The standard InChI is InChI=1S/C23H19ClFN3O5S/c24-19-9-11-20(12-10-19)34(32,33)28(14-18-3-1-2-4-21(18)25)15-22(29)27-26-13-16-5-7-17(8-6-16)23(30)31/h1-13H,14-15H2,(H,27,29)(H,30,31)/b26-13-. The van der Waals surface area contributed by atoms with Crippen LogP contribution < -0.4 is 5.43 Å². The van der Waals surface area contributed by atoms with Crippen molar-refractivity contribution in [2.75, 3.05) is 6.54 Å². The predicted molar refractivity (Wildman–Crippen MR) is 125 cm³/mol. The van der Waals surface area contributed by atoms with Crippen LogP contribution in [0.4, 0.5) is 4.39 Å². The molecule has 0 aromatic heterocycles. The Morgan fingerprint density at radius 2 is 1.68 bits per heavy atom. The summed E-state index contributed by atoms with van der Waals surface area (Å²) in [6.45, 7) is -1.01. The fourth-order valence-electron chi connectivity index (χ4n) is 2.88. The van der Waals surface area contributed by atoms with E-state index in [-0.39, 0.29) is 22.6 Å². The van der Waals surface area contributed by atoms with Crippen molar-refractivity contribution in [1.82, 2.24) is 9.73 Å². The van der Waals surface area contributed by atoms with Gasteiger partial charge >= 0.3 is 5.97 Å². The van der Waals surface area contributed by atoms with Crippen LogP contribution in [0.3, 0.4) is 0 Å². The largest absolute Gasteiger partial charge is 0.478 e. The molecule has 0 saturated carbocycles. The molecule has 34 heavy (non-hydrogen) atoms. The van der Waals surface area contributed by atoms with Crippen LogP contribution in [0.1, 0.15) is 21.5 Å². The number of rotatable bonds is 9. The lowest BCUT2D eigenvalue weighted by atomic mass is 10.1. The van der Waals surface area contributed by atoms with Crippen LogP contribution in [0.5, 0.6) is 0 Å². The Morgan fingerprint density at radius 3 is 2.29 bits per heavy atom. The number of aromatic carboxylic acids is 1. The molecule has 3 aromatic rings. The maximum Gasteiger partial charge on any atom is 0.335 e. The lowest BCUT2D eigenvalue weighted by Gasteiger charge is -2.21. The lowest BCUT2D eigenvalue weighted by Crippen LogP contribution is -2.39. The van der Waals surface area contributed by atoms with Gasteiger partial charge in [-0.25, -0.2) is 23.0 Å². The van der Waals surface area contributed by atoms with Crippen molar-refractivity contribution in [1.29, 1.82) is 0 Å². The number of carboxylic acids is 1. The van der Waals surface area contributed by atoms with Crippen LogP contribution in [0.25, 0.3) is 0 Å². The normalized spacial score (nSPS) is 11.6. The van der Waals surface area contributed by atoms with Gasteiger partial charge in [-0.1, -0.05) is 41.9 Å². The molecule has 2 N–H and O–H groups in total. The molecule has 0 aliphatic rings. The van der Waals surface area contributed by atoms with Crippen molar-refractivity contribution in [3.63, 3.8) is 0 Å². The Balaban J connectivity index is 1.77. The number of sulfonamides is 1. The lowest BCUT2D eigenvalue weighted by molar-refractivity contribution is -0.121. The van der Waals surface area contributed by atoms with E-state index in [1.54, 1.807) is 6.07 Å². The van der Waals surface area contributed by atoms with E-state index in [4.69, 9.17) is 16.7 Å². The molecule has 0 atom stereocenters. The highest BCUT2D eigenvalue weighted by Crippen LogP contribution is 2.21. The summed E-state index contributed by atoms with van der Waals surface area (Å²) in [5.74, 6) is -2.44. The van der Waals surface area contributed by atoms with Crippen molar-refractivity contribution >= 4 is 39.7 Å². The first-order valence-electron chi connectivity index (χ1n) is 9.81. The summed E-state index contributed by atoms with van der Waals surface area (Å²) in [5.41, 5.74) is 2.93. The number of nitrogens with one attached hydrogen (secondary N) is 1. The van der Waals surface area contributed by atoms with Gasteiger partial charge in [0.1, 0.15) is 5.82 Å². The van der Waals surface area contributed by atoms with Crippen LogP contribution in [-0.2, 0) is 21.4 Å². The smallest absolute Gasteiger partial charge is 0.335 e. The molecule has 0 fully saturated rings.